The van der Waals surface area contributed by atoms with Gasteiger partial charge < -0.3 is 10.1 Å². The number of hydrogen-bond acceptors (Lipinski definition) is 3. The third kappa shape index (κ3) is 3.01. The molecule has 2 heterocycles. The maximum Gasteiger partial charge on any atom is 0.133 e. The average molecular weight is 426 g/mol. The molecule has 4 aliphatic carbocycles. The normalized spacial score (nSPS) is 54.3. The van der Waals surface area contributed by atoms with Gasteiger partial charge in [-0.3, -0.25) is 4.79 Å². The topological polar surface area (TPSA) is 38.3 Å². The van der Waals surface area contributed by atoms with Crippen LogP contribution in [0.3, 0.4) is 0 Å². The smallest absolute Gasteiger partial charge is 0.133 e. The maximum absolute atomic E-state index is 12.2. The van der Waals surface area contributed by atoms with Crippen LogP contribution in [0.2, 0.25) is 0 Å². The van der Waals surface area contributed by atoms with E-state index in [4.69, 9.17) is 4.74 Å². The van der Waals surface area contributed by atoms with Gasteiger partial charge in [-0.05, 0) is 99.8 Å². The summed E-state index contributed by atoms with van der Waals surface area (Å²) in [5, 5.41) is 3.85. The molecule has 1 unspecified atom stereocenters. The summed E-state index contributed by atoms with van der Waals surface area (Å²) >= 11 is 0. The van der Waals surface area contributed by atoms with Crippen molar-refractivity contribution in [3.8, 4) is 0 Å². The number of carbonyl (C=O) groups is 1. The standard InChI is InChI=1S/C28H43NO2/c1-16-11-25-26(29-15-16)18(3)28(31-25)10-8-21-22-6-5-19-12-20(30)7-9-27(19,4)24(22)13-23(21)17(2)14-28/h16,18-19,21-22,24-26,29H,5-15H2,1-4H3/t16-,18+,19+,21-,22-,24-,25+,26?,27-,28-/m0/s1. The van der Waals surface area contributed by atoms with Crippen molar-refractivity contribution in [2.45, 2.75) is 110 Å². The number of nitrogens with one attached hydrogen (secondary N) is 1. The Morgan fingerprint density at radius 2 is 1.94 bits per heavy atom. The van der Waals surface area contributed by atoms with E-state index in [-0.39, 0.29) is 5.60 Å². The first-order chi connectivity index (χ1) is 14.8. The molecule has 2 aliphatic heterocycles. The lowest BCUT2D eigenvalue weighted by atomic mass is 9.52. The molecule has 10 atom stereocenters. The van der Waals surface area contributed by atoms with Gasteiger partial charge in [0.15, 0.2) is 0 Å². The van der Waals surface area contributed by atoms with Crippen molar-refractivity contribution in [2.75, 3.05) is 6.54 Å². The molecule has 6 rings (SSSR count). The fraction of sp³-hybridized carbons (Fsp3) is 0.893. The highest BCUT2D eigenvalue weighted by atomic mass is 16.5. The Bertz CT molecular complexity index is 803. The number of allylic oxidation sites excluding steroid dienone is 1. The fourth-order valence-electron chi connectivity index (χ4n) is 9.61. The predicted octanol–water partition coefficient (Wildman–Crippen LogP) is 5.68. The summed E-state index contributed by atoms with van der Waals surface area (Å²) in [4.78, 5) is 12.2. The molecule has 5 fully saturated rings. The summed E-state index contributed by atoms with van der Waals surface area (Å²) < 4.78 is 7.01. The molecule has 2 saturated heterocycles. The zero-order valence-electron chi connectivity index (χ0n) is 20.2. The second-order valence-corrected chi connectivity index (χ2v) is 12.9. The van der Waals surface area contributed by atoms with E-state index in [1.165, 1.54) is 38.5 Å². The van der Waals surface area contributed by atoms with Crippen LogP contribution in [0.15, 0.2) is 11.1 Å². The lowest BCUT2D eigenvalue weighted by Gasteiger charge is -2.52. The summed E-state index contributed by atoms with van der Waals surface area (Å²) in [5.74, 6) is 4.97. The van der Waals surface area contributed by atoms with E-state index >= 15 is 0 Å². The van der Waals surface area contributed by atoms with Crippen molar-refractivity contribution in [2.24, 2.45) is 40.9 Å². The molecule has 0 bridgehead atoms. The van der Waals surface area contributed by atoms with E-state index in [9.17, 15) is 4.79 Å². The van der Waals surface area contributed by atoms with Crippen LogP contribution in [0, 0.1) is 40.9 Å². The summed E-state index contributed by atoms with van der Waals surface area (Å²) in [6.45, 7) is 11.0. The zero-order valence-corrected chi connectivity index (χ0v) is 20.2. The van der Waals surface area contributed by atoms with Gasteiger partial charge in [0.25, 0.3) is 0 Å². The minimum atomic E-state index is 0.0572. The van der Waals surface area contributed by atoms with Crippen LogP contribution in [-0.4, -0.2) is 30.1 Å². The largest absolute Gasteiger partial charge is 0.369 e. The minimum absolute atomic E-state index is 0.0572. The number of rotatable bonds is 0. The van der Waals surface area contributed by atoms with E-state index in [0.717, 1.165) is 55.9 Å². The van der Waals surface area contributed by atoms with Crippen molar-refractivity contribution in [1.82, 2.24) is 5.32 Å². The number of carbonyl (C=O) groups excluding carboxylic acids is 1. The molecule has 3 nitrogen and oxygen atoms in total. The van der Waals surface area contributed by atoms with Crippen LogP contribution in [-0.2, 0) is 9.53 Å². The highest BCUT2D eigenvalue weighted by Crippen LogP contribution is 2.65. The Kier molecular flexibility index (Phi) is 4.83. The Labute approximate surface area is 189 Å². The van der Waals surface area contributed by atoms with Crippen LogP contribution < -0.4 is 5.32 Å². The Hall–Kier alpha value is -0.670. The predicted molar refractivity (Wildman–Crippen MR) is 124 cm³/mol. The van der Waals surface area contributed by atoms with E-state index in [0.29, 0.717) is 35.2 Å². The first kappa shape index (κ1) is 20.9. The van der Waals surface area contributed by atoms with Crippen molar-refractivity contribution in [1.29, 1.82) is 0 Å². The molecule has 172 valence electrons. The quantitative estimate of drug-likeness (QED) is 0.507. The lowest BCUT2D eigenvalue weighted by molar-refractivity contribution is -0.129. The van der Waals surface area contributed by atoms with Gasteiger partial charge in [-0.1, -0.05) is 31.9 Å². The highest BCUT2D eigenvalue weighted by Gasteiger charge is 2.59. The SMILES string of the molecule is CC1=C2C[C@H]3[C@@H](CC[C@@H]4CC(=O)CC[C@@]43C)[C@@H]2CC[C@@]2(C1)O[C@@H]1C[C@H](C)CNC1[C@H]2C. The molecular formula is C28H43NO2. The number of fused-ring (bicyclic) bond motifs is 6. The van der Waals surface area contributed by atoms with Gasteiger partial charge in [-0.25, -0.2) is 0 Å². The van der Waals surface area contributed by atoms with E-state index in [1.54, 1.807) is 5.57 Å². The number of ketones is 1. The van der Waals surface area contributed by atoms with Crippen LogP contribution in [0.1, 0.15) is 91.9 Å². The van der Waals surface area contributed by atoms with Crippen LogP contribution in [0.5, 0.6) is 0 Å². The average Bonchev–Trinajstić information content (AvgIpc) is 3.19. The molecule has 31 heavy (non-hydrogen) atoms. The molecule has 0 aromatic heterocycles. The van der Waals surface area contributed by atoms with Crippen molar-refractivity contribution in [3.05, 3.63) is 11.1 Å². The molecule has 1 N–H and O–H groups in total. The van der Waals surface area contributed by atoms with E-state index in [2.05, 4.69) is 33.0 Å². The van der Waals surface area contributed by atoms with Gasteiger partial charge >= 0.3 is 0 Å². The molecule has 3 saturated carbocycles. The molecule has 0 amide bonds. The first-order valence-electron chi connectivity index (χ1n) is 13.4. The number of hydrogen-bond donors (Lipinski definition) is 1. The van der Waals surface area contributed by atoms with Crippen LogP contribution in [0.25, 0.3) is 0 Å². The Morgan fingerprint density at radius 1 is 1.10 bits per heavy atom. The number of ether oxygens (including phenoxy) is 1. The molecule has 0 radical (unpaired) electrons. The van der Waals surface area contributed by atoms with Crippen molar-refractivity contribution in [3.63, 3.8) is 0 Å². The molecule has 1 spiro atoms. The highest BCUT2D eigenvalue weighted by molar-refractivity contribution is 5.79. The molecular weight excluding hydrogens is 382 g/mol. The zero-order chi connectivity index (χ0) is 21.5. The molecule has 0 aromatic carbocycles. The number of Topliss-reactive ketones (excluding diaryl/α,β-unsaturated/α-hetero) is 1. The lowest BCUT2D eigenvalue weighted by Crippen LogP contribution is -2.48. The molecule has 3 heteroatoms. The van der Waals surface area contributed by atoms with Gasteiger partial charge in [-0.2, -0.15) is 0 Å². The molecule has 6 aliphatic rings. The van der Waals surface area contributed by atoms with Crippen LogP contribution >= 0.6 is 0 Å². The maximum atomic E-state index is 12.2. The third-order valence-electron chi connectivity index (χ3n) is 11.4. The van der Waals surface area contributed by atoms with Gasteiger partial charge in [-0.15, -0.1) is 0 Å². The number of piperidine rings is 1. The van der Waals surface area contributed by atoms with Gasteiger partial charge in [0.1, 0.15) is 5.78 Å². The summed E-state index contributed by atoms with van der Waals surface area (Å²) in [6.07, 6.45) is 12.2. The molecule has 0 aromatic rings. The second kappa shape index (κ2) is 7.16. The van der Waals surface area contributed by atoms with E-state index in [1.807, 2.05) is 5.57 Å². The van der Waals surface area contributed by atoms with Crippen LogP contribution in [0.4, 0.5) is 0 Å². The Balaban J connectivity index is 1.28. The third-order valence-corrected chi connectivity index (χ3v) is 11.4. The second-order valence-electron chi connectivity index (χ2n) is 12.9. The summed E-state index contributed by atoms with van der Waals surface area (Å²) in [7, 11) is 0. The monoisotopic (exact) mass is 425 g/mol. The van der Waals surface area contributed by atoms with Gasteiger partial charge in [0, 0.05) is 24.8 Å². The Morgan fingerprint density at radius 3 is 2.77 bits per heavy atom. The summed E-state index contributed by atoms with van der Waals surface area (Å²) in [6, 6.07) is 0.550. The van der Waals surface area contributed by atoms with E-state index < -0.39 is 0 Å². The summed E-state index contributed by atoms with van der Waals surface area (Å²) in [5.41, 5.74) is 3.95. The van der Waals surface area contributed by atoms with Crippen molar-refractivity contribution < 1.29 is 9.53 Å². The first-order valence-corrected chi connectivity index (χ1v) is 13.4. The van der Waals surface area contributed by atoms with Gasteiger partial charge in [0.2, 0.25) is 0 Å². The minimum Gasteiger partial charge on any atom is -0.369 e. The van der Waals surface area contributed by atoms with Crippen molar-refractivity contribution >= 4 is 5.78 Å². The van der Waals surface area contributed by atoms with Gasteiger partial charge in [0.05, 0.1) is 11.7 Å². The fourth-order valence-corrected chi connectivity index (χ4v) is 9.61.